The lowest BCUT2D eigenvalue weighted by molar-refractivity contribution is -0.228. The summed E-state index contributed by atoms with van der Waals surface area (Å²) in [6.45, 7) is 0. The average Bonchev–Trinajstić information content (AvgIpc) is 2.94. The lowest BCUT2D eigenvalue weighted by Crippen LogP contribution is -2.42. The number of carbonyl (C=O) groups is 2. The van der Waals surface area contributed by atoms with Gasteiger partial charge in [0.2, 0.25) is 0 Å². The lowest BCUT2D eigenvalue weighted by atomic mass is 9.61. The number of hydrogen-bond acceptors (Lipinski definition) is 2. The zero-order chi connectivity index (χ0) is 28.3. The van der Waals surface area contributed by atoms with Crippen molar-refractivity contribution in [3.63, 3.8) is 0 Å². The van der Waals surface area contributed by atoms with Crippen molar-refractivity contribution in [2.24, 2.45) is 0 Å². The highest BCUT2D eigenvalue weighted by Gasteiger charge is 2.69. The second-order valence-corrected chi connectivity index (χ2v) is 10.9. The molecule has 10 heteroatoms. The Morgan fingerprint density at radius 1 is 0.450 bits per heavy atom. The lowest BCUT2D eigenvalue weighted by Gasteiger charge is -2.40. The maximum atomic E-state index is 16.2. The minimum Gasteiger partial charge on any atom is -0.298 e. The monoisotopic (exact) mass is 558 g/mol. The summed E-state index contributed by atoms with van der Waals surface area (Å²) in [6.07, 6.45) is 2.17. The predicted molar refractivity (Wildman–Crippen MR) is 123 cm³/mol. The summed E-state index contributed by atoms with van der Waals surface area (Å²) in [4.78, 5) is 28.7. The molecule has 0 aromatic heterocycles. The van der Waals surface area contributed by atoms with Gasteiger partial charge < -0.3 is 0 Å². The van der Waals surface area contributed by atoms with E-state index in [2.05, 4.69) is 0 Å². The largest absolute Gasteiger partial charge is 0.340 e. The molecule has 0 radical (unpaired) electrons. The van der Waals surface area contributed by atoms with Crippen LogP contribution >= 0.6 is 0 Å². The van der Waals surface area contributed by atoms with Crippen molar-refractivity contribution in [3.8, 4) is 0 Å². The van der Waals surface area contributed by atoms with Crippen LogP contribution in [0, 0.1) is 0 Å². The Hall–Kier alpha value is -3.82. The third-order valence-electron chi connectivity index (χ3n) is 9.21. The van der Waals surface area contributed by atoms with E-state index in [0.29, 0.717) is 0 Å². The Morgan fingerprint density at radius 2 is 0.750 bits per heavy atom. The maximum Gasteiger partial charge on any atom is 0.340 e. The Labute approximate surface area is 220 Å². The number of ketones is 2. The van der Waals surface area contributed by atoms with Crippen molar-refractivity contribution >= 4 is 11.6 Å². The zero-order valence-electron chi connectivity index (χ0n) is 19.9. The van der Waals surface area contributed by atoms with Crippen LogP contribution in [0.3, 0.4) is 0 Å². The number of hydrogen-bond donors (Lipinski definition) is 0. The topological polar surface area (TPSA) is 34.1 Å². The van der Waals surface area contributed by atoms with Crippen molar-refractivity contribution in [2.45, 2.75) is 47.4 Å². The molecule has 0 unspecified atom stereocenters. The summed E-state index contributed by atoms with van der Waals surface area (Å²) in [5.41, 5.74) is -9.43. The third kappa shape index (κ3) is 2.29. The van der Waals surface area contributed by atoms with E-state index in [1.165, 1.54) is 24.3 Å². The van der Waals surface area contributed by atoms with E-state index in [9.17, 15) is 9.59 Å². The predicted octanol–water partition coefficient (Wildman–Crippen LogP) is 7.25. The number of Topliss-reactive ketones (excluding diaryl/α,β-unsaturated/α-hetero) is 2. The molecule has 8 rings (SSSR count). The standard InChI is InChI=1S/C30H14F8O2/c31-27(32)15-7-8-16-20-14-6-5-13(19(15)20)25(39)21-11-3-1-2-4-12(11)22(26(14)40)24-18(30(37,38)28(16,33)34)10-9-17(23(21)24)29(27,35)36/h1-10,13-14,21-22H/t13-,14-,21-,22+/m0/s1. The molecule has 4 atom stereocenters. The van der Waals surface area contributed by atoms with Crippen LogP contribution in [0.5, 0.6) is 0 Å². The number of allylic oxidation sites excluding steroid dienone is 2. The van der Waals surface area contributed by atoms with Gasteiger partial charge in [-0.05, 0) is 33.4 Å². The summed E-state index contributed by atoms with van der Waals surface area (Å²) in [5, 5.41) is 0. The molecule has 5 aliphatic rings. The van der Waals surface area contributed by atoms with Gasteiger partial charge in [-0.25, -0.2) is 0 Å². The number of halogens is 8. The normalized spacial score (nSPS) is 29.8. The highest BCUT2D eigenvalue weighted by molar-refractivity contribution is 6.06. The fourth-order valence-electron chi connectivity index (χ4n) is 7.52. The molecule has 0 amide bonds. The third-order valence-corrected chi connectivity index (χ3v) is 9.21. The Kier molecular flexibility index (Phi) is 4.04. The van der Waals surface area contributed by atoms with E-state index >= 15 is 35.1 Å². The second-order valence-electron chi connectivity index (χ2n) is 10.9. The number of carbonyl (C=O) groups excluding carboxylic acids is 2. The molecule has 0 fully saturated rings. The molecule has 3 aromatic carbocycles. The molecular weight excluding hydrogens is 544 g/mol. The Balaban J connectivity index is 1.76. The van der Waals surface area contributed by atoms with Crippen molar-refractivity contribution in [3.05, 3.63) is 116 Å². The van der Waals surface area contributed by atoms with E-state index in [0.717, 1.165) is 12.2 Å². The first-order valence-electron chi connectivity index (χ1n) is 12.5. The second kappa shape index (κ2) is 6.72. The molecular formula is C30H14F8O2. The van der Waals surface area contributed by atoms with Gasteiger partial charge in [0.05, 0.1) is 23.7 Å². The molecule has 0 heterocycles. The van der Waals surface area contributed by atoms with Crippen LogP contribution in [0.15, 0.2) is 60.7 Å². The van der Waals surface area contributed by atoms with E-state index < -0.39 is 103 Å². The van der Waals surface area contributed by atoms with Gasteiger partial charge in [0.25, 0.3) is 0 Å². The van der Waals surface area contributed by atoms with Crippen molar-refractivity contribution in [2.75, 3.05) is 0 Å². The quantitative estimate of drug-likeness (QED) is 0.215. The van der Waals surface area contributed by atoms with Gasteiger partial charge in [-0.2, -0.15) is 35.1 Å². The molecule has 40 heavy (non-hydrogen) atoms. The van der Waals surface area contributed by atoms with Crippen molar-refractivity contribution < 1.29 is 44.7 Å². The highest BCUT2D eigenvalue weighted by atomic mass is 19.3. The SMILES string of the molecule is O=C1[C@@H]2c3ccccc3[C@@H]3C(=O)[C@H]4C=C[C@H]1c1c5ccc(c14)C(F)(F)C(F)(F)c1ccc(c2c13)C(F)(F)C5(F)F. The molecule has 0 N–H and O–H groups in total. The Bertz CT molecular complexity index is 1660. The molecule has 0 spiro atoms. The van der Waals surface area contributed by atoms with E-state index in [1.807, 2.05) is 0 Å². The van der Waals surface area contributed by atoms with Crippen LogP contribution < -0.4 is 0 Å². The average molecular weight is 558 g/mol. The van der Waals surface area contributed by atoms with Gasteiger partial charge in [-0.15, -0.1) is 0 Å². The zero-order valence-corrected chi connectivity index (χ0v) is 19.9. The van der Waals surface area contributed by atoms with Gasteiger partial charge in [0.15, 0.2) is 11.6 Å². The first-order chi connectivity index (χ1) is 18.7. The number of rotatable bonds is 0. The summed E-state index contributed by atoms with van der Waals surface area (Å²) >= 11 is 0. The van der Waals surface area contributed by atoms with Crippen LogP contribution in [-0.2, 0) is 33.3 Å². The first-order valence-corrected chi connectivity index (χ1v) is 12.5. The summed E-state index contributed by atoms with van der Waals surface area (Å²) in [7, 11) is 0. The molecule has 0 saturated heterocycles. The highest BCUT2D eigenvalue weighted by Crippen LogP contribution is 2.66. The van der Waals surface area contributed by atoms with Crippen LogP contribution in [-0.4, -0.2) is 11.6 Å². The van der Waals surface area contributed by atoms with Crippen LogP contribution in [0.25, 0.3) is 0 Å². The molecule has 0 aliphatic heterocycles. The van der Waals surface area contributed by atoms with Gasteiger partial charge in [-0.3, -0.25) is 9.59 Å². The fourth-order valence-corrected chi connectivity index (χ4v) is 7.52. The van der Waals surface area contributed by atoms with E-state index in [1.54, 1.807) is 0 Å². The molecule has 202 valence electrons. The number of benzene rings is 3. The van der Waals surface area contributed by atoms with Crippen molar-refractivity contribution in [1.82, 2.24) is 0 Å². The van der Waals surface area contributed by atoms with Crippen LogP contribution in [0.4, 0.5) is 35.1 Å². The van der Waals surface area contributed by atoms with Gasteiger partial charge in [0, 0.05) is 22.3 Å². The van der Waals surface area contributed by atoms with Gasteiger partial charge in [0.1, 0.15) is 0 Å². The van der Waals surface area contributed by atoms with Crippen LogP contribution in [0.2, 0.25) is 0 Å². The minimum atomic E-state index is -5.06. The summed E-state index contributed by atoms with van der Waals surface area (Å²) < 4.78 is 129. The smallest absolute Gasteiger partial charge is 0.298 e. The molecule has 4 bridgehead atoms. The molecule has 3 aromatic rings. The molecule has 2 nitrogen and oxygen atoms in total. The fraction of sp³-hybridized carbons (Fsp3) is 0.267. The summed E-state index contributed by atoms with van der Waals surface area (Å²) in [6, 6.07) is 6.72. The molecule has 5 aliphatic carbocycles. The van der Waals surface area contributed by atoms with E-state index in [4.69, 9.17) is 0 Å². The van der Waals surface area contributed by atoms with E-state index in [-0.39, 0.29) is 35.4 Å². The maximum absolute atomic E-state index is 16.2. The first kappa shape index (κ1) is 24.0. The minimum absolute atomic E-state index is 0.0206. The summed E-state index contributed by atoms with van der Waals surface area (Å²) in [5.74, 6) is -29.2. The number of alkyl halides is 8. The van der Waals surface area contributed by atoms with Crippen LogP contribution in [0.1, 0.15) is 79.3 Å². The van der Waals surface area contributed by atoms with Crippen molar-refractivity contribution in [1.29, 1.82) is 0 Å². The van der Waals surface area contributed by atoms with Gasteiger partial charge >= 0.3 is 23.7 Å². The Morgan fingerprint density at radius 3 is 1.07 bits per heavy atom. The molecule has 0 saturated carbocycles. The van der Waals surface area contributed by atoms with Gasteiger partial charge in [-0.1, -0.05) is 60.7 Å².